The van der Waals surface area contributed by atoms with E-state index in [-0.39, 0.29) is 0 Å². The van der Waals surface area contributed by atoms with Crippen molar-refractivity contribution in [2.45, 2.75) is 45.8 Å². The maximum Gasteiger partial charge on any atom is 0.0965 e. The van der Waals surface area contributed by atoms with Crippen molar-refractivity contribution in [2.24, 2.45) is 5.92 Å². The van der Waals surface area contributed by atoms with Crippen LogP contribution in [0.1, 0.15) is 32.4 Å². The van der Waals surface area contributed by atoms with Crippen LogP contribution in [0.25, 0.3) is 0 Å². The lowest BCUT2D eigenvalue weighted by Gasteiger charge is -2.28. The summed E-state index contributed by atoms with van der Waals surface area (Å²) in [4.78, 5) is 1.71. The molecule has 1 aliphatic heterocycles. The van der Waals surface area contributed by atoms with Crippen LogP contribution in [0.15, 0.2) is 6.20 Å². The van der Waals surface area contributed by atoms with Gasteiger partial charge >= 0.3 is 0 Å². The second kappa shape index (κ2) is 6.12. The van der Waals surface area contributed by atoms with Crippen molar-refractivity contribution in [1.82, 2.24) is 20.3 Å². The highest BCUT2D eigenvalue weighted by atomic mass is 16.5. The summed E-state index contributed by atoms with van der Waals surface area (Å²) in [6.07, 6.45) is 4.28. The van der Waals surface area contributed by atoms with E-state index in [1.54, 1.807) is 4.80 Å². The van der Waals surface area contributed by atoms with Gasteiger partial charge in [-0.1, -0.05) is 0 Å². The van der Waals surface area contributed by atoms with Crippen LogP contribution in [0.3, 0.4) is 0 Å². The Morgan fingerprint density at radius 2 is 2.53 bits per heavy atom. The number of aryl methyl sites for hydroxylation is 1. The number of hydrogen-bond acceptors (Lipinski definition) is 4. The van der Waals surface area contributed by atoms with Gasteiger partial charge < -0.3 is 10.1 Å². The number of rotatable bonds is 5. The molecule has 1 aliphatic rings. The lowest BCUT2D eigenvalue weighted by molar-refractivity contribution is 0.0417. The first-order valence-electron chi connectivity index (χ1n) is 6.49. The van der Waals surface area contributed by atoms with Crippen LogP contribution in [-0.2, 0) is 17.8 Å². The van der Waals surface area contributed by atoms with E-state index >= 15 is 0 Å². The van der Waals surface area contributed by atoms with Crippen LogP contribution in [0.5, 0.6) is 0 Å². The van der Waals surface area contributed by atoms with E-state index in [0.29, 0.717) is 12.0 Å². The number of nitrogens with zero attached hydrogens (tertiary/aromatic N) is 3. The van der Waals surface area contributed by atoms with Gasteiger partial charge in [-0.25, -0.2) is 0 Å². The lowest BCUT2D eigenvalue weighted by atomic mass is 9.95. The van der Waals surface area contributed by atoms with Gasteiger partial charge in [0.1, 0.15) is 0 Å². The van der Waals surface area contributed by atoms with E-state index in [2.05, 4.69) is 22.4 Å². The molecule has 0 amide bonds. The third-order valence-electron chi connectivity index (χ3n) is 3.37. The third-order valence-corrected chi connectivity index (χ3v) is 3.37. The van der Waals surface area contributed by atoms with Gasteiger partial charge in [0.15, 0.2) is 0 Å². The minimum absolute atomic E-state index is 0.474. The number of hydrogen-bond donors (Lipinski definition) is 1. The summed E-state index contributed by atoms with van der Waals surface area (Å²) in [7, 11) is 0. The maximum atomic E-state index is 5.50. The highest BCUT2D eigenvalue weighted by Crippen LogP contribution is 2.17. The first-order valence-corrected chi connectivity index (χ1v) is 6.49. The molecule has 0 bridgehead atoms. The smallest absolute Gasteiger partial charge is 0.0965 e. The molecule has 2 rings (SSSR count). The molecule has 2 heterocycles. The second-order valence-electron chi connectivity index (χ2n) is 4.67. The van der Waals surface area contributed by atoms with E-state index in [0.717, 1.165) is 32.0 Å². The van der Waals surface area contributed by atoms with Crippen molar-refractivity contribution in [3.8, 4) is 0 Å². The molecule has 5 nitrogen and oxygen atoms in total. The maximum absolute atomic E-state index is 5.50. The van der Waals surface area contributed by atoms with Crippen molar-refractivity contribution in [2.75, 3.05) is 13.2 Å². The highest BCUT2D eigenvalue weighted by Gasteiger charge is 2.20. The predicted molar refractivity (Wildman–Crippen MR) is 65.5 cm³/mol. The molecule has 2 unspecified atom stereocenters. The fraction of sp³-hybridized carbons (Fsp3) is 0.833. The minimum atomic E-state index is 0.474. The Labute approximate surface area is 103 Å². The largest absolute Gasteiger partial charge is 0.381 e. The van der Waals surface area contributed by atoms with Crippen molar-refractivity contribution in [1.29, 1.82) is 0 Å². The van der Waals surface area contributed by atoms with Gasteiger partial charge in [0.2, 0.25) is 0 Å². The van der Waals surface area contributed by atoms with Gasteiger partial charge in [-0.2, -0.15) is 15.0 Å². The monoisotopic (exact) mass is 238 g/mol. The molecule has 1 aromatic heterocycles. The van der Waals surface area contributed by atoms with Crippen LogP contribution >= 0.6 is 0 Å². The first kappa shape index (κ1) is 12.5. The van der Waals surface area contributed by atoms with E-state index in [1.165, 1.54) is 12.8 Å². The molecule has 1 aromatic rings. The lowest BCUT2D eigenvalue weighted by Crippen LogP contribution is -2.37. The number of nitrogens with one attached hydrogen (secondary N) is 1. The van der Waals surface area contributed by atoms with Crippen molar-refractivity contribution in [3.05, 3.63) is 11.9 Å². The summed E-state index contributed by atoms with van der Waals surface area (Å²) in [5.74, 6) is 0.630. The molecule has 1 saturated heterocycles. The Morgan fingerprint density at radius 3 is 3.18 bits per heavy atom. The Bertz CT molecular complexity index is 333. The first-order chi connectivity index (χ1) is 8.29. The van der Waals surface area contributed by atoms with Gasteiger partial charge in [0.25, 0.3) is 0 Å². The summed E-state index contributed by atoms with van der Waals surface area (Å²) in [6, 6.07) is 0.474. The van der Waals surface area contributed by atoms with Crippen molar-refractivity contribution < 1.29 is 4.74 Å². The molecule has 5 heteroatoms. The van der Waals surface area contributed by atoms with Gasteiger partial charge in [-0.05, 0) is 32.6 Å². The van der Waals surface area contributed by atoms with Gasteiger partial charge in [-0.3, -0.25) is 0 Å². The Kier molecular flexibility index (Phi) is 4.50. The number of ether oxygens (including phenoxy) is 1. The molecule has 17 heavy (non-hydrogen) atoms. The zero-order chi connectivity index (χ0) is 12.1. The van der Waals surface area contributed by atoms with Crippen LogP contribution in [0.2, 0.25) is 0 Å². The molecule has 0 spiro atoms. The zero-order valence-electron chi connectivity index (χ0n) is 10.7. The van der Waals surface area contributed by atoms with Gasteiger partial charge in [0, 0.05) is 19.2 Å². The average Bonchev–Trinajstić information content (AvgIpc) is 2.85. The summed E-state index contributed by atoms with van der Waals surface area (Å²) < 4.78 is 5.50. The molecule has 1 fully saturated rings. The van der Waals surface area contributed by atoms with E-state index in [4.69, 9.17) is 4.74 Å². The van der Waals surface area contributed by atoms with Crippen LogP contribution < -0.4 is 5.32 Å². The van der Waals surface area contributed by atoms with Crippen molar-refractivity contribution >= 4 is 0 Å². The Balaban J connectivity index is 1.76. The molecule has 1 N–H and O–H groups in total. The predicted octanol–water partition coefficient (Wildman–Crippen LogP) is 1.20. The summed E-state index contributed by atoms with van der Waals surface area (Å²) in [5.41, 5.74) is 1.01. The molecule has 0 radical (unpaired) electrons. The normalized spacial score (nSPS) is 22.6. The SMILES string of the molecule is CCn1ncc(CNC(C)C2CCCOC2)n1. The molecular formula is C12H22N4O. The fourth-order valence-corrected chi connectivity index (χ4v) is 2.16. The van der Waals surface area contributed by atoms with Gasteiger partial charge in [-0.15, -0.1) is 0 Å². The quantitative estimate of drug-likeness (QED) is 0.837. The molecule has 0 aliphatic carbocycles. The third kappa shape index (κ3) is 3.51. The van der Waals surface area contributed by atoms with Crippen LogP contribution in [-0.4, -0.2) is 34.2 Å². The summed E-state index contributed by atoms with van der Waals surface area (Å²) in [6.45, 7) is 7.69. The van der Waals surface area contributed by atoms with Crippen molar-refractivity contribution in [3.63, 3.8) is 0 Å². The zero-order valence-corrected chi connectivity index (χ0v) is 10.7. The molecular weight excluding hydrogens is 216 g/mol. The molecule has 0 saturated carbocycles. The van der Waals surface area contributed by atoms with Gasteiger partial charge in [0.05, 0.1) is 25.0 Å². The highest BCUT2D eigenvalue weighted by molar-refractivity contribution is 4.91. The summed E-state index contributed by atoms with van der Waals surface area (Å²) in [5, 5.41) is 12.0. The van der Waals surface area contributed by atoms with Crippen LogP contribution in [0, 0.1) is 5.92 Å². The average molecular weight is 238 g/mol. The van der Waals surface area contributed by atoms with E-state index in [9.17, 15) is 0 Å². The standard InChI is InChI=1S/C12H22N4O/c1-3-16-14-8-12(15-16)7-13-10(2)11-5-4-6-17-9-11/h8,10-11,13H,3-7,9H2,1-2H3. The minimum Gasteiger partial charge on any atom is -0.381 e. The number of aromatic nitrogens is 3. The topological polar surface area (TPSA) is 52.0 Å². The Morgan fingerprint density at radius 1 is 1.65 bits per heavy atom. The fourth-order valence-electron chi connectivity index (χ4n) is 2.16. The van der Waals surface area contributed by atoms with Crippen LogP contribution in [0.4, 0.5) is 0 Å². The molecule has 2 atom stereocenters. The van der Waals surface area contributed by atoms with E-state index < -0.39 is 0 Å². The molecule has 0 aromatic carbocycles. The summed E-state index contributed by atoms with van der Waals surface area (Å²) >= 11 is 0. The van der Waals surface area contributed by atoms with E-state index in [1.807, 2.05) is 13.1 Å². The molecule has 96 valence electrons. The second-order valence-corrected chi connectivity index (χ2v) is 4.67. The Hall–Kier alpha value is -0.940.